The third-order valence-electron chi connectivity index (χ3n) is 5.78. The molecule has 9 heteroatoms. The highest BCUT2D eigenvalue weighted by Gasteiger charge is 2.23. The van der Waals surface area contributed by atoms with Crippen molar-refractivity contribution in [2.75, 3.05) is 43.2 Å². The Bertz CT molecular complexity index is 1120. The molecule has 0 radical (unpaired) electrons. The van der Waals surface area contributed by atoms with Gasteiger partial charge in [0.1, 0.15) is 5.75 Å². The summed E-state index contributed by atoms with van der Waals surface area (Å²) < 4.78 is 12.7. The first-order valence-corrected chi connectivity index (χ1v) is 10.2. The Morgan fingerprint density at radius 2 is 2.00 bits per heavy atom. The number of fused-ring (bicyclic) bond motifs is 1. The van der Waals surface area contributed by atoms with Crippen LogP contribution in [0.3, 0.4) is 0 Å². The van der Waals surface area contributed by atoms with Gasteiger partial charge in [0.15, 0.2) is 0 Å². The second-order valence-electron chi connectivity index (χ2n) is 7.68. The van der Waals surface area contributed by atoms with Crippen molar-refractivity contribution in [2.45, 2.75) is 20.4 Å². The van der Waals surface area contributed by atoms with Crippen LogP contribution in [0, 0.1) is 13.8 Å². The zero-order valence-corrected chi connectivity index (χ0v) is 18.3. The summed E-state index contributed by atoms with van der Waals surface area (Å²) >= 11 is 0. The second kappa shape index (κ2) is 8.43. The van der Waals surface area contributed by atoms with Crippen LogP contribution in [0.5, 0.6) is 5.75 Å². The summed E-state index contributed by atoms with van der Waals surface area (Å²) in [5.74, 6) is 0.728. The lowest BCUT2D eigenvalue weighted by atomic mass is 10.1. The number of carbonyl (C=O) groups is 1. The molecule has 0 unspecified atom stereocenters. The van der Waals surface area contributed by atoms with E-state index in [1.807, 2.05) is 39.2 Å². The molecule has 3 aromatic rings. The quantitative estimate of drug-likeness (QED) is 0.671. The molecule has 1 amide bonds. The smallest absolute Gasteiger partial charge is 0.412 e. The van der Waals surface area contributed by atoms with Crippen LogP contribution >= 0.6 is 0 Å². The van der Waals surface area contributed by atoms with E-state index in [1.54, 1.807) is 18.0 Å². The monoisotopic (exact) mass is 425 g/mol. The first kappa shape index (κ1) is 20.9. The van der Waals surface area contributed by atoms with Crippen molar-refractivity contribution in [3.63, 3.8) is 0 Å². The number of anilines is 2. The first-order valence-electron chi connectivity index (χ1n) is 10.2. The fraction of sp³-hybridized carbons (Fsp3) is 0.409. The highest BCUT2D eigenvalue weighted by atomic mass is 16.5. The SMILES string of the molecule is COc1c(C)cnc(CN(C(=O)O)c2cc(N3CCOCC3)c3cnn(C)c3c2)c1C. The Balaban J connectivity index is 1.79. The maximum absolute atomic E-state index is 12.3. The molecule has 1 saturated heterocycles. The van der Waals surface area contributed by atoms with E-state index in [0.29, 0.717) is 24.6 Å². The van der Waals surface area contributed by atoms with E-state index in [4.69, 9.17) is 9.47 Å². The largest absolute Gasteiger partial charge is 0.496 e. The van der Waals surface area contributed by atoms with Gasteiger partial charge < -0.3 is 19.5 Å². The molecule has 0 atom stereocenters. The number of amides is 1. The molecule has 3 heterocycles. The van der Waals surface area contributed by atoms with Gasteiger partial charge in [-0.25, -0.2) is 4.79 Å². The van der Waals surface area contributed by atoms with E-state index in [9.17, 15) is 9.90 Å². The van der Waals surface area contributed by atoms with Gasteiger partial charge in [-0.1, -0.05) is 0 Å². The van der Waals surface area contributed by atoms with Gasteiger partial charge in [0.2, 0.25) is 0 Å². The molecule has 4 rings (SSSR count). The number of aromatic nitrogens is 3. The van der Waals surface area contributed by atoms with E-state index >= 15 is 0 Å². The van der Waals surface area contributed by atoms with Crippen LogP contribution in [0.15, 0.2) is 24.5 Å². The first-order chi connectivity index (χ1) is 14.9. The average molecular weight is 425 g/mol. The number of morpholine rings is 1. The molecular weight excluding hydrogens is 398 g/mol. The van der Waals surface area contributed by atoms with Crippen LogP contribution in [-0.2, 0) is 18.3 Å². The molecule has 0 bridgehead atoms. The van der Waals surface area contributed by atoms with Crippen molar-refractivity contribution >= 4 is 28.4 Å². The molecule has 31 heavy (non-hydrogen) atoms. The predicted octanol–water partition coefficient (Wildman–Crippen LogP) is 3.11. The number of pyridine rings is 1. The molecule has 1 N–H and O–H groups in total. The molecule has 1 aromatic carbocycles. The molecule has 1 fully saturated rings. The molecule has 1 aliphatic heterocycles. The highest BCUT2D eigenvalue weighted by molar-refractivity contribution is 5.98. The van der Waals surface area contributed by atoms with Crippen molar-refractivity contribution in [3.8, 4) is 5.75 Å². The van der Waals surface area contributed by atoms with Gasteiger partial charge in [0, 0.05) is 42.8 Å². The fourth-order valence-corrected chi connectivity index (χ4v) is 4.09. The number of ether oxygens (including phenoxy) is 2. The number of rotatable bonds is 5. The standard InChI is InChI=1S/C22H27N5O4/c1-14-11-23-18(15(2)21(14)30-4)13-27(22(28)29)16-9-19-17(12-24-25(19)3)20(10-16)26-5-7-31-8-6-26/h9-12H,5-8,13H2,1-4H3,(H,28,29). The number of hydrogen-bond donors (Lipinski definition) is 1. The van der Waals surface area contributed by atoms with Gasteiger partial charge in [-0.3, -0.25) is 14.6 Å². The third-order valence-corrected chi connectivity index (χ3v) is 5.78. The van der Waals surface area contributed by atoms with E-state index in [-0.39, 0.29) is 6.54 Å². The molecule has 0 aliphatic carbocycles. The van der Waals surface area contributed by atoms with Crippen molar-refractivity contribution in [1.82, 2.24) is 14.8 Å². The molecule has 0 spiro atoms. The molecule has 2 aromatic heterocycles. The Morgan fingerprint density at radius 1 is 1.26 bits per heavy atom. The number of aryl methyl sites for hydroxylation is 2. The fourth-order valence-electron chi connectivity index (χ4n) is 4.09. The normalized spacial score (nSPS) is 14.1. The van der Waals surface area contributed by atoms with E-state index in [2.05, 4.69) is 15.0 Å². The van der Waals surface area contributed by atoms with E-state index in [0.717, 1.165) is 46.6 Å². The van der Waals surface area contributed by atoms with E-state index < -0.39 is 6.09 Å². The Kier molecular flexibility index (Phi) is 5.69. The Hall–Kier alpha value is -3.33. The van der Waals surface area contributed by atoms with Gasteiger partial charge in [-0.15, -0.1) is 0 Å². The molecule has 0 saturated carbocycles. The van der Waals surface area contributed by atoms with Gasteiger partial charge in [-0.2, -0.15) is 5.10 Å². The summed E-state index contributed by atoms with van der Waals surface area (Å²) in [6, 6.07) is 3.78. The molecular formula is C22H27N5O4. The Morgan fingerprint density at radius 3 is 2.68 bits per heavy atom. The van der Waals surface area contributed by atoms with Crippen molar-refractivity contribution in [1.29, 1.82) is 0 Å². The summed E-state index contributed by atoms with van der Waals surface area (Å²) in [6.07, 6.45) is 2.49. The van der Waals surface area contributed by atoms with Gasteiger partial charge >= 0.3 is 6.09 Å². The van der Waals surface area contributed by atoms with Crippen LogP contribution in [0.4, 0.5) is 16.2 Å². The van der Waals surface area contributed by atoms with Crippen LogP contribution in [0.2, 0.25) is 0 Å². The zero-order valence-electron chi connectivity index (χ0n) is 18.3. The summed E-state index contributed by atoms with van der Waals surface area (Å²) in [5, 5.41) is 15.4. The maximum Gasteiger partial charge on any atom is 0.412 e. The minimum atomic E-state index is -1.05. The minimum Gasteiger partial charge on any atom is -0.496 e. The number of methoxy groups -OCH3 is 1. The van der Waals surface area contributed by atoms with Gasteiger partial charge in [-0.05, 0) is 26.0 Å². The lowest BCUT2D eigenvalue weighted by Crippen LogP contribution is -2.36. The minimum absolute atomic E-state index is 0.115. The Labute approximate surface area is 180 Å². The predicted molar refractivity (Wildman–Crippen MR) is 118 cm³/mol. The van der Waals surface area contributed by atoms with Crippen molar-refractivity contribution in [2.24, 2.45) is 7.05 Å². The zero-order chi connectivity index (χ0) is 22.1. The van der Waals surface area contributed by atoms with Crippen LogP contribution in [0.1, 0.15) is 16.8 Å². The van der Waals surface area contributed by atoms with Crippen LogP contribution in [-0.4, -0.2) is 59.4 Å². The van der Waals surface area contributed by atoms with Gasteiger partial charge in [0.05, 0.1) is 55.7 Å². The molecule has 164 valence electrons. The second-order valence-corrected chi connectivity index (χ2v) is 7.68. The average Bonchev–Trinajstić information content (AvgIpc) is 3.14. The lowest BCUT2D eigenvalue weighted by Gasteiger charge is -2.30. The van der Waals surface area contributed by atoms with Crippen molar-refractivity contribution < 1.29 is 19.4 Å². The summed E-state index contributed by atoms with van der Waals surface area (Å²) in [4.78, 5) is 20.3. The van der Waals surface area contributed by atoms with Crippen LogP contribution in [0.25, 0.3) is 10.9 Å². The number of hydrogen-bond acceptors (Lipinski definition) is 6. The summed E-state index contributed by atoms with van der Waals surface area (Å²) in [7, 11) is 3.47. The van der Waals surface area contributed by atoms with E-state index in [1.165, 1.54) is 4.90 Å². The highest BCUT2D eigenvalue weighted by Crippen LogP contribution is 2.34. The number of carboxylic acid groups (broad SMARTS) is 1. The molecule has 9 nitrogen and oxygen atoms in total. The maximum atomic E-state index is 12.3. The van der Waals surface area contributed by atoms with Gasteiger partial charge in [0.25, 0.3) is 0 Å². The number of benzene rings is 1. The summed E-state index contributed by atoms with van der Waals surface area (Å²) in [6.45, 7) is 6.71. The summed E-state index contributed by atoms with van der Waals surface area (Å²) in [5.41, 5.74) is 4.81. The van der Waals surface area contributed by atoms with Crippen LogP contribution < -0.4 is 14.5 Å². The molecule has 1 aliphatic rings. The third kappa shape index (κ3) is 3.88. The topological polar surface area (TPSA) is 92.9 Å². The lowest BCUT2D eigenvalue weighted by molar-refractivity contribution is 0.123. The number of nitrogens with zero attached hydrogens (tertiary/aromatic N) is 5. The van der Waals surface area contributed by atoms with Crippen molar-refractivity contribution in [3.05, 3.63) is 41.3 Å².